The Morgan fingerprint density at radius 3 is 1.92 bits per heavy atom. The van der Waals surface area contributed by atoms with Gasteiger partial charge >= 0.3 is 18.4 Å². The lowest BCUT2D eigenvalue weighted by atomic mass is 10.0. The van der Waals surface area contributed by atoms with E-state index in [9.17, 15) is 44.3 Å². The molecule has 13 heteroatoms. The summed E-state index contributed by atoms with van der Waals surface area (Å²) in [5, 5.41) is 0. The molecule has 3 aromatic carbocycles. The smallest absolute Gasteiger partial charge is 0.429 e. The van der Waals surface area contributed by atoms with Crippen LogP contribution in [0.5, 0.6) is 17.2 Å². The van der Waals surface area contributed by atoms with Crippen LogP contribution >= 0.6 is 0 Å². The third-order valence-electron chi connectivity index (χ3n) is 5.99. The van der Waals surface area contributed by atoms with Gasteiger partial charge in [0.25, 0.3) is 0 Å². The second-order valence-corrected chi connectivity index (χ2v) is 8.70. The number of ether oxygens (including phenoxy) is 3. The molecule has 0 aromatic heterocycles. The van der Waals surface area contributed by atoms with Gasteiger partial charge < -0.3 is 14.2 Å². The van der Waals surface area contributed by atoms with Gasteiger partial charge in [0, 0.05) is 24.3 Å². The van der Waals surface area contributed by atoms with Gasteiger partial charge in [-0.1, -0.05) is 19.4 Å². The van der Waals surface area contributed by atoms with Crippen LogP contribution in [0.4, 0.5) is 39.5 Å². The van der Waals surface area contributed by atoms with Crippen molar-refractivity contribution in [2.75, 3.05) is 0 Å². The van der Waals surface area contributed by atoms with E-state index in [2.05, 4.69) is 9.47 Å². The highest BCUT2D eigenvalue weighted by Gasteiger charge is 2.42. The van der Waals surface area contributed by atoms with Crippen molar-refractivity contribution in [1.29, 1.82) is 0 Å². The van der Waals surface area contributed by atoms with Crippen molar-refractivity contribution < 1.29 is 58.5 Å². The molecule has 0 spiro atoms. The van der Waals surface area contributed by atoms with Crippen LogP contribution in [0, 0.1) is 29.2 Å². The molecule has 4 nitrogen and oxygen atoms in total. The van der Waals surface area contributed by atoms with Gasteiger partial charge in [0.15, 0.2) is 11.6 Å². The standard InChI is InChI=1S/C26H17F9O4/c1-2-12-5-13-3-4-14(7-15(13)6-12)24(36)37-16-8-18(27)22(19(28)9-16)25(31,32)38-17-10-20(29)23(21(30)11-17)39-26(33,34)35/h3-4,7-12H,2,5-6H2,1H3. The largest absolute Gasteiger partial charge is 0.573 e. The molecule has 0 radical (unpaired) electrons. The number of rotatable bonds is 7. The number of carbonyl (C=O) groups is 1. The predicted molar refractivity (Wildman–Crippen MR) is 117 cm³/mol. The van der Waals surface area contributed by atoms with Gasteiger partial charge in [0.05, 0.1) is 5.56 Å². The van der Waals surface area contributed by atoms with Crippen LogP contribution < -0.4 is 14.2 Å². The number of halogens is 9. The van der Waals surface area contributed by atoms with Crippen LogP contribution in [0.15, 0.2) is 42.5 Å². The number of esters is 1. The van der Waals surface area contributed by atoms with Gasteiger partial charge in [-0.2, -0.15) is 8.78 Å². The van der Waals surface area contributed by atoms with Crippen molar-refractivity contribution in [3.63, 3.8) is 0 Å². The predicted octanol–water partition coefficient (Wildman–Crippen LogP) is 7.61. The maximum absolute atomic E-state index is 14.6. The molecular formula is C26H17F9O4. The van der Waals surface area contributed by atoms with Gasteiger partial charge in [-0.15, -0.1) is 13.2 Å². The summed E-state index contributed by atoms with van der Waals surface area (Å²) in [7, 11) is 0. The molecular weight excluding hydrogens is 547 g/mol. The molecule has 3 aromatic rings. The molecule has 4 rings (SSSR count). The average molecular weight is 564 g/mol. The molecule has 1 aliphatic carbocycles. The van der Waals surface area contributed by atoms with Gasteiger partial charge in [-0.25, -0.2) is 22.4 Å². The monoisotopic (exact) mass is 564 g/mol. The Bertz CT molecular complexity index is 1370. The third-order valence-corrected chi connectivity index (χ3v) is 5.99. The molecule has 1 aliphatic rings. The molecule has 0 fully saturated rings. The zero-order valence-corrected chi connectivity index (χ0v) is 19.8. The molecule has 0 saturated carbocycles. The SMILES string of the molecule is CCC1Cc2ccc(C(=O)Oc3cc(F)c(C(F)(F)Oc4cc(F)c(OC(F)(F)F)c(F)c4)c(F)c3)cc2C1. The highest BCUT2D eigenvalue weighted by Crippen LogP contribution is 2.39. The van der Waals surface area contributed by atoms with Crippen LogP contribution in [0.3, 0.4) is 0 Å². The topological polar surface area (TPSA) is 44.8 Å². The van der Waals surface area contributed by atoms with E-state index >= 15 is 0 Å². The fourth-order valence-corrected chi connectivity index (χ4v) is 4.19. The Morgan fingerprint density at radius 1 is 0.795 bits per heavy atom. The average Bonchev–Trinajstić information content (AvgIpc) is 3.22. The molecule has 0 N–H and O–H groups in total. The summed E-state index contributed by atoms with van der Waals surface area (Å²) in [6, 6.07) is 5.14. The lowest BCUT2D eigenvalue weighted by molar-refractivity contribution is -0.276. The second-order valence-electron chi connectivity index (χ2n) is 8.70. The highest BCUT2D eigenvalue weighted by molar-refractivity contribution is 5.91. The summed E-state index contributed by atoms with van der Waals surface area (Å²) in [5.41, 5.74) is 0.0453. The van der Waals surface area contributed by atoms with Gasteiger partial charge in [0.2, 0.25) is 5.75 Å². The van der Waals surface area contributed by atoms with E-state index in [0.29, 0.717) is 5.92 Å². The Kier molecular flexibility index (Phi) is 7.46. The molecule has 208 valence electrons. The van der Waals surface area contributed by atoms with E-state index in [-0.39, 0.29) is 29.8 Å². The number of alkyl halides is 5. The number of benzene rings is 3. The summed E-state index contributed by atoms with van der Waals surface area (Å²) in [5.74, 6) is -12.7. The molecule has 0 amide bonds. The summed E-state index contributed by atoms with van der Waals surface area (Å²) in [4.78, 5) is 12.5. The summed E-state index contributed by atoms with van der Waals surface area (Å²) >= 11 is 0. The van der Waals surface area contributed by atoms with Crippen LogP contribution in [-0.2, 0) is 19.0 Å². The Hall–Kier alpha value is -3.90. The fourth-order valence-electron chi connectivity index (χ4n) is 4.19. The maximum Gasteiger partial charge on any atom is 0.573 e. The first kappa shape index (κ1) is 28.1. The number of hydrogen-bond donors (Lipinski definition) is 0. The summed E-state index contributed by atoms with van der Waals surface area (Å²) in [6.07, 6.45) is -7.87. The molecule has 0 bridgehead atoms. The zero-order valence-electron chi connectivity index (χ0n) is 19.8. The minimum Gasteiger partial charge on any atom is -0.429 e. The van der Waals surface area contributed by atoms with Crippen molar-refractivity contribution in [2.24, 2.45) is 5.92 Å². The van der Waals surface area contributed by atoms with Crippen molar-refractivity contribution in [1.82, 2.24) is 0 Å². The Labute approximate surface area is 214 Å². The quantitative estimate of drug-likeness (QED) is 0.168. The van der Waals surface area contributed by atoms with E-state index in [0.717, 1.165) is 30.4 Å². The molecule has 1 atom stereocenters. The number of fused-ring (bicyclic) bond motifs is 1. The van der Waals surface area contributed by atoms with Gasteiger partial charge in [0.1, 0.15) is 28.7 Å². The van der Waals surface area contributed by atoms with Crippen molar-refractivity contribution >= 4 is 5.97 Å². The van der Waals surface area contributed by atoms with Crippen LogP contribution in [0.25, 0.3) is 0 Å². The fraction of sp³-hybridized carbons (Fsp3) is 0.269. The van der Waals surface area contributed by atoms with Crippen molar-refractivity contribution in [3.05, 3.63) is 88.0 Å². The number of hydrogen-bond acceptors (Lipinski definition) is 4. The lowest BCUT2D eigenvalue weighted by Crippen LogP contribution is -2.26. The molecule has 0 aliphatic heterocycles. The molecule has 1 unspecified atom stereocenters. The zero-order chi connectivity index (χ0) is 28.7. The Balaban J connectivity index is 1.53. The minimum atomic E-state index is -5.50. The highest BCUT2D eigenvalue weighted by atomic mass is 19.4. The minimum absolute atomic E-state index is 0.0751. The van der Waals surface area contributed by atoms with E-state index in [1.165, 1.54) is 6.07 Å². The van der Waals surface area contributed by atoms with Gasteiger partial charge in [-0.3, -0.25) is 0 Å². The molecule has 0 saturated heterocycles. The Morgan fingerprint density at radius 2 is 1.36 bits per heavy atom. The molecule has 39 heavy (non-hydrogen) atoms. The van der Waals surface area contributed by atoms with E-state index in [4.69, 9.17) is 4.74 Å². The lowest BCUT2D eigenvalue weighted by Gasteiger charge is -2.20. The first-order valence-corrected chi connectivity index (χ1v) is 11.3. The van der Waals surface area contributed by atoms with Crippen LogP contribution in [0.1, 0.15) is 40.4 Å². The van der Waals surface area contributed by atoms with Crippen molar-refractivity contribution in [2.45, 2.75) is 38.7 Å². The van der Waals surface area contributed by atoms with E-state index in [1.807, 2.05) is 6.92 Å². The van der Waals surface area contributed by atoms with Crippen LogP contribution in [-0.4, -0.2) is 12.3 Å². The van der Waals surface area contributed by atoms with Gasteiger partial charge in [-0.05, 0) is 42.0 Å². The first-order chi connectivity index (χ1) is 18.2. The maximum atomic E-state index is 14.6. The molecule has 0 heterocycles. The van der Waals surface area contributed by atoms with E-state index < -0.39 is 64.5 Å². The summed E-state index contributed by atoms with van der Waals surface area (Å²) in [6.45, 7) is 2.03. The first-order valence-electron chi connectivity index (χ1n) is 11.3. The van der Waals surface area contributed by atoms with Crippen molar-refractivity contribution in [3.8, 4) is 17.2 Å². The summed E-state index contributed by atoms with van der Waals surface area (Å²) < 4.78 is 135. The third kappa shape index (κ3) is 6.23. The van der Waals surface area contributed by atoms with E-state index in [1.54, 1.807) is 12.1 Å². The number of carbonyl (C=O) groups excluding carboxylic acids is 1. The normalized spacial score (nSPS) is 15.2. The second kappa shape index (κ2) is 10.3. The van der Waals surface area contributed by atoms with Crippen LogP contribution in [0.2, 0.25) is 0 Å².